The third-order valence-electron chi connectivity index (χ3n) is 3.49. The average Bonchev–Trinajstić information content (AvgIpc) is 2.70. The van der Waals surface area contributed by atoms with Crippen molar-refractivity contribution in [1.82, 2.24) is 4.98 Å². The van der Waals surface area contributed by atoms with Crippen LogP contribution in [0, 0.1) is 18.3 Å². The number of aromatic nitrogens is 1. The number of pyridine rings is 1. The highest BCUT2D eigenvalue weighted by Crippen LogP contribution is 2.64. The summed E-state index contributed by atoms with van der Waals surface area (Å²) in [5, 5.41) is 9.10. The van der Waals surface area contributed by atoms with Crippen molar-refractivity contribution in [3.63, 3.8) is 0 Å². The molecule has 0 saturated heterocycles. The van der Waals surface area contributed by atoms with Crippen molar-refractivity contribution < 1.29 is 9.90 Å². The van der Waals surface area contributed by atoms with E-state index in [2.05, 4.69) is 4.98 Å². The van der Waals surface area contributed by atoms with Crippen molar-refractivity contribution in [2.24, 2.45) is 11.3 Å². The first-order valence-corrected chi connectivity index (χ1v) is 5.09. The van der Waals surface area contributed by atoms with Crippen LogP contribution >= 0.6 is 0 Å². The van der Waals surface area contributed by atoms with Crippen LogP contribution in [0.5, 0.6) is 0 Å². The molecule has 1 N–H and O–H groups in total. The molecular weight excluding hydrogens is 190 g/mol. The molecule has 3 nitrogen and oxygen atoms in total. The lowest BCUT2D eigenvalue weighted by Crippen LogP contribution is -2.03. The van der Waals surface area contributed by atoms with E-state index in [-0.39, 0.29) is 17.3 Å². The maximum absolute atomic E-state index is 11.1. The Hall–Kier alpha value is -1.38. The maximum Gasteiger partial charge on any atom is 0.307 e. The Morgan fingerprint density at radius 1 is 1.53 bits per heavy atom. The first-order chi connectivity index (χ1) is 6.96. The zero-order valence-electron chi connectivity index (χ0n) is 9.19. The van der Waals surface area contributed by atoms with Crippen molar-refractivity contribution in [2.45, 2.75) is 26.7 Å². The summed E-state index contributed by atoms with van der Waals surface area (Å²) in [4.78, 5) is 15.1. The number of carboxylic acids is 1. The van der Waals surface area contributed by atoms with Crippen molar-refractivity contribution in [2.75, 3.05) is 0 Å². The number of hydrogen-bond donors (Lipinski definition) is 1. The summed E-state index contributed by atoms with van der Waals surface area (Å²) in [6, 6.07) is 1.94. The summed E-state index contributed by atoms with van der Waals surface area (Å²) < 4.78 is 0. The highest BCUT2D eigenvalue weighted by atomic mass is 16.4. The van der Waals surface area contributed by atoms with Gasteiger partial charge in [-0.25, -0.2) is 0 Å². The van der Waals surface area contributed by atoms with E-state index in [1.165, 1.54) is 0 Å². The summed E-state index contributed by atoms with van der Waals surface area (Å²) in [6.07, 6.45) is 3.53. The van der Waals surface area contributed by atoms with Crippen LogP contribution < -0.4 is 0 Å². The zero-order chi connectivity index (χ0) is 11.2. The van der Waals surface area contributed by atoms with Gasteiger partial charge in [-0.1, -0.05) is 13.8 Å². The van der Waals surface area contributed by atoms with Crippen LogP contribution in [0.15, 0.2) is 18.5 Å². The molecule has 0 amide bonds. The number of hydrogen-bond acceptors (Lipinski definition) is 2. The van der Waals surface area contributed by atoms with Crippen LogP contribution in [0.2, 0.25) is 0 Å². The summed E-state index contributed by atoms with van der Waals surface area (Å²) in [7, 11) is 0. The second-order valence-corrected chi connectivity index (χ2v) is 4.85. The molecule has 0 bridgehead atoms. The van der Waals surface area contributed by atoms with Gasteiger partial charge in [0.15, 0.2) is 0 Å². The van der Waals surface area contributed by atoms with Crippen LogP contribution in [0.1, 0.15) is 30.9 Å². The molecule has 3 heteroatoms. The fourth-order valence-electron chi connectivity index (χ4n) is 2.51. The molecule has 1 aliphatic rings. The molecule has 2 unspecified atom stereocenters. The molecule has 0 radical (unpaired) electrons. The van der Waals surface area contributed by atoms with Crippen molar-refractivity contribution >= 4 is 5.97 Å². The summed E-state index contributed by atoms with van der Waals surface area (Å²) >= 11 is 0. The molecule has 1 saturated carbocycles. The number of aryl methyl sites for hydroxylation is 1. The Balaban J connectivity index is 2.36. The number of rotatable bonds is 2. The first-order valence-electron chi connectivity index (χ1n) is 5.09. The van der Waals surface area contributed by atoms with Gasteiger partial charge in [0.2, 0.25) is 0 Å². The van der Waals surface area contributed by atoms with Gasteiger partial charge in [0.1, 0.15) is 0 Å². The standard InChI is InChI=1S/C12H15NO2/c1-7-6-13-5-4-8(7)9-10(11(14)15)12(9,2)3/h4-6,9-10H,1-3H3,(H,14,15). The second kappa shape index (κ2) is 3.05. The number of aliphatic carboxylic acids is 1. The molecule has 0 aliphatic heterocycles. The SMILES string of the molecule is Cc1cnccc1C1C(C(=O)O)C1(C)C. The molecule has 15 heavy (non-hydrogen) atoms. The van der Waals surface area contributed by atoms with E-state index in [1.54, 1.807) is 12.4 Å². The minimum atomic E-state index is -0.693. The molecule has 80 valence electrons. The van der Waals surface area contributed by atoms with E-state index in [9.17, 15) is 4.79 Å². The molecule has 0 aromatic carbocycles. The van der Waals surface area contributed by atoms with Crippen molar-refractivity contribution in [3.05, 3.63) is 29.6 Å². The third kappa shape index (κ3) is 1.42. The molecule has 1 aliphatic carbocycles. The van der Waals surface area contributed by atoms with Gasteiger partial charge in [-0.3, -0.25) is 9.78 Å². The third-order valence-corrected chi connectivity index (χ3v) is 3.49. The Labute approximate surface area is 89.2 Å². The van der Waals surface area contributed by atoms with Gasteiger partial charge < -0.3 is 5.11 Å². The van der Waals surface area contributed by atoms with Crippen molar-refractivity contribution in [3.8, 4) is 0 Å². The van der Waals surface area contributed by atoms with Crippen LogP contribution in [-0.4, -0.2) is 16.1 Å². The van der Waals surface area contributed by atoms with E-state index >= 15 is 0 Å². The predicted octanol–water partition coefficient (Wildman–Crippen LogP) is 2.21. The van der Waals surface area contributed by atoms with E-state index in [0.29, 0.717) is 0 Å². The van der Waals surface area contributed by atoms with E-state index in [0.717, 1.165) is 11.1 Å². The Morgan fingerprint density at radius 2 is 2.20 bits per heavy atom. The molecule has 1 fully saturated rings. The van der Waals surface area contributed by atoms with Gasteiger partial charge in [-0.05, 0) is 29.5 Å². The second-order valence-electron chi connectivity index (χ2n) is 4.85. The number of carboxylic acid groups (broad SMARTS) is 1. The maximum atomic E-state index is 11.1. The number of nitrogens with zero attached hydrogens (tertiary/aromatic N) is 1. The van der Waals surface area contributed by atoms with Gasteiger partial charge in [0, 0.05) is 18.3 Å². The Morgan fingerprint density at radius 3 is 2.67 bits per heavy atom. The average molecular weight is 205 g/mol. The molecule has 2 rings (SSSR count). The van der Waals surface area contributed by atoms with Gasteiger partial charge in [0.25, 0.3) is 0 Å². The normalized spacial score (nSPS) is 27.4. The topological polar surface area (TPSA) is 50.2 Å². The van der Waals surface area contributed by atoms with Crippen molar-refractivity contribution in [1.29, 1.82) is 0 Å². The molecule has 2 atom stereocenters. The Kier molecular flexibility index (Phi) is 2.07. The fourth-order valence-corrected chi connectivity index (χ4v) is 2.51. The summed E-state index contributed by atoms with van der Waals surface area (Å²) in [6.45, 7) is 6.00. The molecule has 1 heterocycles. The lowest BCUT2D eigenvalue weighted by atomic mass is 10.0. The minimum absolute atomic E-state index is 0.127. The fraction of sp³-hybridized carbons (Fsp3) is 0.500. The van der Waals surface area contributed by atoms with Gasteiger partial charge in [-0.2, -0.15) is 0 Å². The van der Waals surface area contributed by atoms with Gasteiger partial charge in [0.05, 0.1) is 5.92 Å². The van der Waals surface area contributed by atoms with Crippen LogP contribution in [0.4, 0.5) is 0 Å². The summed E-state index contributed by atoms with van der Waals surface area (Å²) in [5.74, 6) is -0.808. The largest absolute Gasteiger partial charge is 0.481 e. The quantitative estimate of drug-likeness (QED) is 0.805. The lowest BCUT2D eigenvalue weighted by molar-refractivity contribution is -0.139. The van der Waals surface area contributed by atoms with E-state index in [4.69, 9.17) is 5.11 Å². The van der Waals surface area contributed by atoms with Gasteiger partial charge >= 0.3 is 5.97 Å². The van der Waals surface area contributed by atoms with E-state index in [1.807, 2.05) is 26.8 Å². The molecule has 1 aromatic heterocycles. The van der Waals surface area contributed by atoms with E-state index < -0.39 is 5.97 Å². The highest BCUT2D eigenvalue weighted by Gasteiger charge is 2.62. The molecular formula is C12H15NO2. The van der Waals surface area contributed by atoms with Crippen LogP contribution in [0.25, 0.3) is 0 Å². The number of carbonyl (C=O) groups is 1. The lowest BCUT2D eigenvalue weighted by Gasteiger charge is -2.05. The van der Waals surface area contributed by atoms with Crippen LogP contribution in [-0.2, 0) is 4.79 Å². The molecule has 0 spiro atoms. The summed E-state index contributed by atoms with van der Waals surface area (Å²) in [5.41, 5.74) is 2.08. The zero-order valence-corrected chi connectivity index (χ0v) is 9.19. The Bertz CT molecular complexity index is 412. The van der Waals surface area contributed by atoms with Gasteiger partial charge in [-0.15, -0.1) is 0 Å². The minimum Gasteiger partial charge on any atom is -0.481 e. The molecule has 1 aromatic rings. The highest BCUT2D eigenvalue weighted by molar-refractivity contribution is 5.77. The first kappa shape index (κ1) is 10.1. The predicted molar refractivity (Wildman–Crippen MR) is 56.6 cm³/mol. The van der Waals surface area contributed by atoms with Crippen LogP contribution in [0.3, 0.4) is 0 Å². The monoisotopic (exact) mass is 205 g/mol. The smallest absolute Gasteiger partial charge is 0.307 e.